The largest absolute Gasteiger partial charge is 0.454 e. The number of carbonyl (C=O) groups excluding carboxylic acids is 4. The van der Waals surface area contributed by atoms with E-state index in [-0.39, 0.29) is 41.4 Å². The van der Waals surface area contributed by atoms with Gasteiger partial charge in [0.2, 0.25) is 11.8 Å². The van der Waals surface area contributed by atoms with E-state index in [1.165, 1.54) is 0 Å². The molecule has 3 fully saturated rings. The first-order valence-electron chi connectivity index (χ1n) is 11.1. The van der Waals surface area contributed by atoms with E-state index in [9.17, 15) is 19.2 Å². The van der Waals surface area contributed by atoms with Crippen LogP contribution < -0.4 is 5.32 Å². The molecule has 3 aliphatic rings. The predicted molar refractivity (Wildman–Crippen MR) is 114 cm³/mol. The minimum absolute atomic E-state index is 0.238. The van der Waals surface area contributed by atoms with Gasteiger partial charge in [-0.05, 0) is 62.5 Å². The Bertz CT molecular complexity index is 912. The second kappa shape index (κ2) is 8.09. The Morgan fingerprint density at radius 1 is 1.10 bits per heavy atom. The molecule has 1 aromatic rings. The lowest BCUT2D eigenvalue weighted by molar-refractivity contribution is -0.162. The molecule has 2 aliphatic carbocycles. The van der Waals surface area contributed by atoms with Crippen molar-refractivity contribution in [1.29, 1.82) is 0 Å². The summed E-state index contributed by atoms with van der Waals surface area (Å²) in [7, 11) is 0. The number of amides is 3. The van der Waals surface area contributed by atoms with Crippen molar-refractivity contribution in [2.75, 3.05) is 11.9 Å². The third kappa shape index (κ3) is 3.75. The smallest absolute Gasteiger partial charge is 0.330 e. The molecule has 31 heavy (non-hydrogen) atoms. The molecule has 166 valence electrons. The van der Waals surface area contributed by atoms with Crippen LogP contribution in [0.15, 0.2) is 18.2 Å². The highest BCUT2D eigenvalue weighted by Gasteiger charge is 2.62. The summed E-state index contributed by atoms with van der Waals surface area (Å²) in [6, 6.07) is 4.64. The first kappa shape index (κ1) is 21.5. The van der Waals surface area contributed by atoms with Crippen LogP contribution in [-0.4, -0.2) is 41.2 Å². The third-order valence-corrected chi connectivity index (χ3v) is 7.11. The highest BCUT2D eigenvalue weighted by atomic mass is 16.5. The van der Waals surface area contributed by atoms with Gasteiger partial charge in [0.1, 0.15) is 6.04 Å². The molecule has 2 saturated carbocycles. The van der Waals surface area contributed by atoms with Gasteiger partial charge >= 0.3 is 5.97 Å². The van der Waals surface area contributed by atoms with E-state index in [0.29, 0.717) is 5.69 Å². The second-order valence-electron chi connectivity index (χ2n) is 9.59. The van der Waals surface area contributed by atoms with Crippen molar-refractivity contribution in [3.8, 4) is 0 Å². The second-order valence-corrected chi connectivity index (χ2v) is 9.59. The number of ether oxygens (including phenoxy) is 1. The van der Waals surface area contributed by atoms with Gasteiger partial charge in [0.05, 0.1) is 11.8 Å². The van der Waals surface area contributed by atoms with Crippen molar-refractivity contribution in [2.24, 2.45) is 29.6 Å². The van der Waals surface area contributed by atoms with E-state index in [4.69, 9.17) is 4.74 Å². The highest BCUT2D eigenvalue weighted by Crippen LogP contribution is 2.56. The van der Waals surface area contributed by atoms with Gasteiger partial charge in [0.15, 0.2) is 6.61 Å². The molecule has 3 amide bonds. The molecule has 0 spiro atoms. The average molecular weight is 427 g/mol. The van der Waals surface area contributed by atoms with Crippen LogP contribution in [0.3, 0.4) is 0 Å². The number of nitrogens with one attached hydrogen (secondary N) is 1. The maximum absolute atomic E-state index is 13.1. The average Bonchev–Trinajstić information content (AvgIpc) is 3.38. The van der Waals surface area contributed by atoms with Gasteiger partial charge in [-0.15, -0.1) is 0 Å². The zero-order valence-electron chi connectivity index (χ0n) is 18.5. The van der Waals surface area contributed by atoms with Crippen LogP contribution in [-0.2, 0) is 23.9 Å². The number of benzene rings is 1. The van der Waals surface area contributed by atoms with Gasteiger partial charge in [-0.2, -0.15) is 0 Å². The Hall–Kier alpha value is -2.70. The van der Waals surface area contributed by atoms with Crippen molar-refractivity contribution in [1.82, 2.24) is 4.90 Å². The molecule has 1 N–H and O–H groups in total. The van der Waals surface area contributed by atoms with E-state index in [1.54, 1.807) is 19.9 Å². The SMILES string of the molecule is Cc1ccc(NC(=O)COC(=O)[C@H](C(C)C)N2C(=O)[C@@H]3[C@H]4CC[C@@H](C4)[C@@H]3C2=O)c(C)c1. The lowest BCUT2D eigenvalue weighted by Crippen LogP contribution is -2.50. The molecular formula is C24H30N2O5. The molecule has 4 rings (SSSR count). The first-order valence-corrected chi connectivity index (χ1v) is 11.1. The number of likely N-dealkylation sites (tertiary alicyclic amines) is 1. The monoisotopic (exact) mass is 426 g/mol. The number of aryl methyl sites for hydroxylation is 2. The van der Waals surface area contributed by atoms with Gasteiger partial charge in [0.25, 0.3) is 5.91 Å². The number of carbonyl (C=O) groups is 4. The quantitative estimate of drug-likeness (QED) is 0.558. The topological polar surface area (TPSA) is 92.8 Å². The summed E-state index contributed by atoms with van der Waals surface area (Å²) in [5.41, 5.74) is 2.65. The summed E-state index contributed by atoms with van der Waals surface area (Å²) < 4.78 is 5.27. The molecule has 1 aliphatic heterocycles. The molecule has 0 aromatic heterocycles. The molecule has 7 nitrogen and oxygen atoms in total. The van der Waals surface area contributed by atoms with Crippen molar-refractivity contribution >= 4 is 29.4 Å². The van der Waals surface area contributed by atoms with Crippen LogP contribution in [0.25, 0.3) is 0 Å². The predicted octanol–water partition coefficient (Wildman–Crippen LogP) is 2.84. The molecular weight excluding hydrogens is 396 g/mol. The van der Waals surface area contributed by atoms with Gasteiger partial charge < -0.3 is 10.1 Å². The van der Waals surface area contributed by atoms with Crippen LogP contribution in [0.2, 0.25) is 0 Å². The van der Waals surface area contributed by atoms with Crippen LogP contribution in [0.1, 0.15) is 44.2 Å². The van der Waals surface area contributed by atoms with Crippen LogP contribution >= 0.6 is 0 Å². The molecule has 2 bridgehead atoms. The zero-order chi connectivity index (χ0) is 22.4. The van der Waals surface area contributed by atoms with E-state index in [2.05, 4.69) is 5.32 Å². The maximum atomic E-state index is 13.1. The number of anilines is 1. The Kier molecular flexibility index (Phi) is 5.62. The Balaban J connectivity index is 1.42. The lowest BCUT2D eigenvalue weighted by atomic mass is 9.81. The minimum Gasteiger partial charge on any atom is -0.454 e. The maximum Gasteiger partial charge on any atom is 0.330 e. The van der Waals surface area contributed by atoms with Crippen molar-refractivity contribution < 1.29 is 23.9 Å². The molecule has 7 heteroatoms. The summed E-state index contributed by atoms with van der Waals surface area (Å²) in [5.74, 6) is -2.01. The minimum atomic E-state index is -1.00. The fourth-order valence-corrected chi connectivity index (χ4v) is 5.74. The normalized spacial score (nSPS) is 27.6. The van der Waals surface area contributed by atoms with Crippen LogP contribution in [0.4, 0.5) is 5.69 Å². The van der Waals surface area contributed by atoms with Crippen molar-refractivity contribution in [3.05, 3.63) is 29.3 Å². The molecule has 5 atom stereocenters. The van der Waals surface area contributed by atoms with Gasteiger partial charge in [-0.3, -0.25) is 19.3 Å². The van der Waals surface area contributed by atoms with E-state index in [1.807, 2.05) is 26.0 Å². The van der Waals surface area contributed by atoms with Gasteiger partial charge in [0, 0.05) is 5.69 Å². The lowest BCUT2D eigenvalue weighted by Gasteiger charge is -2.28. The summed E-state index contributed by atoms with van der Waals surface area (Å²) in [4.78, 5) is 52.5. The number of hydrogen-bond donors (Lipinski definition) is 1. The van der Waals surface area contributed by atoms with Crippen LogP contribution in [0.5, 0.6) is 0 Å². The Morgan fingerprint density at radius 2 is 1.71 bits per heavy atom. The number of nitrogens with zero attached hydrogens (tertiary/aromatic N) is 1. The zero-order valence-corrected chi connectivity index (χ0v) is 18.5. The molecule has 1 saturated heterocycles. The molecule has 1 heterocycles. The first-order chi connectivity index (χ1) is 14.7. The number of esters is 1. The number of hydrogen-bond acceptors (Lipinski definition) is 5. The summed E-state index contributed by atoms with van der Waals surface area (Å²) in [5, 5.41) is 2.74. The number of rotatable bonds is 6. The molecule has 0 radical (unpaired) electrons. The molecule has 1 aromatic carbocycles. The van der Waals surface area contributed by atoms with Gasteiger partial charge in [-0.1, -0.05) is 31.5 Å². The summed E-state index contributed by atoms with van der Waals surface area (Å²) in [6.45, 7) is 6.95. The van der Waals surface area contributed by atoms with E-state index < -0.39 is 24.5 Å². The third-order valence-electron chi connectivity index (χ3n) is 7.11. The fraction of sp³-hybridized carbons (Fsp3) is 0.583. The van der Waals surface area contributed by atoms with Gasteiger partial charge in [-0.25, -0.2) is 4.79 Å². The number of imide groups is 1. The standard InChI is InChI=1S/C24H30N2O5/c1-12(2)21(26-22(28)19-15-6-7-16(10-15)20(19)23(26)29)24(30)31-11-18(27)25-17-8-5-13(3)9-14(17)4/h5,8-9,12,15-16,19-21H,6-7,10-11H2,1-4H3,(H,25,27)/t15-,16-,19-,20+,21-/m0/s1. The van der Waals surface area contributed by atoms with Crippen LogP contribution in [0, 0.1) is 43.4 Å². The summed E-state index contributed by atoms with van der Waals surface area (Å²) >= 11 is 0. The molecule has 0 unspecified atom stereocenters. The number of fused-ring (bicyclic) bond motifs is 5. The van der Waals surface area contributed by atoms with E-state index >= 15 is 0 Å². The fourth-order valence-electron chi connectivity index (χ4n) is 5.74. The highest BCUT2D eigenvalue weighted by molar-refractivity contribution is 6.08. The Labute approximate surface area is 182 Å². The Morgan fingerprint density at radius 3 is 2.26 bits per heavy atom. The van der Waals surface area contributed by atoms with E-state index in [0.717, 1.165) is 35.3 Å². The van der Waals surface area contributed by atoms with Crippen molar-refractivity contribution in [2.45, 2.75) is 53.0 Å². The summed E-state index contributed by atoms with van der Waals surface area (Å²) in [6.07, 6.45) is 2.90. The van der Waals surface area contributed by atoms with Crippen molar-refractivity contribution in [3.63, 3.8) is 0 Å².